The number of carbonyl (C=O) groups is 2. The Labute approximate surface area is 154 Å². The zero-order valence-electron chi connectivity index (χ0n) is 15.7. The van der Waals surface area contributed by atoms with Gasteiger partial charge in [0.25, 0.3) is 5.91 Å². The molecule has 138 valence electrons. The van der Waals surface area contributed by atoms with Crippen molar-refractivity contribution in [3.8, 4) is 5.75 Å². The van der Waals surface area contributed by atoms with E-state index in [1.165, 1.54) is 12.7 Å². The van der Waals surface area contributed by atoms with Gasteiger partial charge in [0.2, 0.25) is 0 Å². The molecule has 0 radical (unpaired) electrons. The van der Waals surface area contributed by atoms with E-state index in [-0.39, 0.29) is 30.3 Å². The van der Waals surface area contributed by atoms with Crippen molar-refractivity contribution in [2.75, 3.05) is 19.0 Å². The van der Waals surface area contributed by atoms with Crippen molar-refractivity contribution in [2.45, 2.75) is 32.6 Å². The first-order valence-electron chi connectivity index (χ1n) is 8.47. The fourth-order valence-electron chi connectivity index (χ4n) is 2.34. The molecule has 26 heavy (non-hydrogen) atoms. The highest BCUT2D eigenvalue weighted by Gasteiger charge is 2.13. The minimum Gasteiger partial charge on any atom is -0.484 e. The van der Waals surface area contributed by atoms with Crippen LogP contribution in [0.3, 0.4) is 0 Å². The Morgan fingerprint density at radius 3 is 2.12 bits per heavy atom. The average Bonchev–Trinajstić information content (AvgIpc) is 2.60. The summed E-state index contributed by atoms with van der Waals surface area (Å²) in [6, 6.07) is 14.8. The molecule has 0 saturated heterocycles. The molecule has 0 aromatic heterocycles. The molecule has 0 aliphatic rings. The fraction of sp³-hybridized carbons (Fsp3) is 0.333. The lowest BCUT2D eigenvalue weighted by Gasteiger charge is -2.19. The molecule has 2 aromatic rings. The summed E-state index contributed by atoms with van der Waals surface area (Å²) in [6.45, 7) is 6.35. The highest BCUT2D eigenvalue weighted by atomic mass is 16.5. The third-order valence-electron chi connectivity index (χ3n) is 3.90. The van der Waals surface area contributed by atoms with Gasteiger partial charge in [-0.25, -0.2) is 0 Å². The van der Waals surface area contributed by atoms with Crippen LogP contribution in [0.15, 0.2) is 48.5 Å². The zero-order valence-corrected chi connectivity index (χ0v) is 15.7. The summed E-state index contributed by atoms with van der Waals surface area (Å²) in [6.07, 6.45) is 0.210. The number of amides is 1. The molecule has 2 aromatic carbocycles. The molecule has 1 amide bonds. The highest BCUT2D eigenvalue weighted by molar-refractivity contribution is 5.91. The van der Waals surface area contributed by atoms with Crippen LogP contribution in [-0.2, 0) is 26.2 Å². The van der Waals surface area contributed by atoms with E-state index in [9.17, 15) is 9.59 Å². The van der Waals surface area contributed by atoms with Gasteiger partial charge in [0.1, 0.15) is 5.75 Å². The lowest BCUT2D eigenvalue weighted by Crippen LogP contribution is -2.20. The van der Waals surface area contributed by atoms with Gasteiger partial charge in [0, 0.05) is 5.69 Å². The van der Waals surface area contributed by atoms with Crippen molar-refractivity contribution in [3.05, 3.63) is 59.7 Å². The predicted molar refractivity (Wildman–Crippen MR) is 101 cm³/mol. The van der Waals surface area contributed by atoms with Crippen molar-refractivity contribution in [1.29, 1.82) is 0 Å². The SMILES string of the molecule is COC(=O)Cc1ccc(OCC(=O)Nc2ccc(C(C)(C)C)cc2)cc1. The second kappa shape index (κ2) is 8.52. The van der Waals surface area contributed by atoms with Crippen LogP contribution in [-0.4, -0.2) is 25.6 Å². The summed E-state index contributed by atoms with van der Waals surface area (Å²) in [5, 5.41) is 2.81. The Balaban J connectivity index is 1.84. The first-order chi connectivity index (χ1) is 12.3. The monoisotopic (exact) mass is 355 g/mol. The van der Waals surface area contributed by atoms with E-state index in [1.54, 1.807) is 24.3 Å². The van der Waals surface area contributed by atoms with Crippen LogP contribution < -0.4 is 10.1 Å². The molecule has 0 aliphatic heterocycles. The minimum atomic E-state index is -0.296. The lowest BCUT2D eigenvalue weighted by molar-refractivity contribution is -0.139. The second-order valence-corrected chi connectivity index (χ2v) is 7.06. The van der Waals surface area contributed by atoms with Gasteiger partial charge in [-0.05, 0) is 40.8 Å². The zero-order chi connectivity index (χ0) is 19.2. The Morgan fingerprint density at radius 2 is 1.58 bits per heavy atom. The predicted octanol–water partition coefficient (Wildman–Crippen LogP) is 3.72. The highest BCUT2D eigenvalue weighted by Crippen LogP contribution is 2.23. The van der Waals surface area contributed by atoms with E-state index >= 15 is 0 Å². The van der Waals surface area contributed by atoms with Crippen LogP contribution in [0.4, 0.5) is 5.69 Å². The minimum absolute atomic E-state index is 0.0751. The van der Waals surface area contributed by atoms with Crippen molar-refractivity contribution in [2.24, 2.45) is 0 Å². The van der Waals surface area contributed by atoms with Gasteiger partial charge in [-0.1, -0.05) is 45.0 Å². The number of esters is 1. The molecule has 5 nitrogen and oxygen atoms in total. The molecule has 0 saturated carbocycles. The largest absolute Gasteiger partial charge is 0.484 e. The van der Waals surface area contributed by atoms with E-state index in [2.05, 4.69) is 30.8 Å². The van der Waals surface area contributed by atoms with Crippen molar-refractivity contribution in [1.82, 2.24) is 0 Å². The van der Waals surface area contributed by atoms with Gasteiger partial charge < -0.3 is 14.8 Å². The third kappa shape index (κ3) is 5.92. The van der Waals surface area contributed by atoms with Gasteiger partial charge in [-0.15, -0.1) is 0 Å². The molecular formula is C21H25NO4. The van der Waals surface area contributed by atoms with Gasteiger partial charge in [0.05, 0.1) is 13.5 Å². The van der Waals surface area contributed by atoms with Gasteiger partial charge in [0.15, 0.2) is 6.61 Å². The molecule has 0 heterocycles. The van der Waals surface area contributed by atoms with Crippen molar-refractivity contribution < 1.29 is 19.1 Å². The number of nitrogens with one attached hydrogen (secondary N) is 1. The standard InChI is InChI=1S/C21H25NO4/c1-21(2,3)16-7-9-17(10-8-16)22-19(23)14-26-18-11-5-15(6-12-18)13-20(24)25-4/h5-12H,13-14H2,1-4H3,(H,22,23). The number of methoxy groups -OCH3 is 1. The molecule has 0 bridgehead atoms. The van der Waals surface area contributed by atoms with Crippen LogP contribution >= 0.6 is 0 Å². The number of ether oxygens (including phenoxy) is 2. The summed E-state index contributed by atoms with van der Waals surface area (Å²) in [5.74, 6) is 0.0412. The van der Waals surface area contributed by atoms with E-state index < -0.39 is 0 Å². The number of benzene rings is 2. The van der Waals surface area contributed by atoms with E-state index in [1.807, 2.05) is 24.3 Å². The molecular weight excluding hydrogens is 330 g/mol. The topological polar surface area (TPSA) is 64.6 Å². The van der Waals surface area contributed by atoms with E-state index in [4.69, 9.17) is 4.74 Å². The van der Waals surface area contributed by atoms with Crippen LogP contribution in [0.5, 0.6) is 5.75 Å². The molecule has 0 unspecified atom stereocenters. The van der Waals surface area contributed by atoms with E-state index in [0.29, 0.717) is 5.75 Å². The molecule has 0 spiro atoms. The van der Waals surface area contributed by atoms with Crippen molar-refractivity contribution in [3.63, 3.8) is 0 Å². The first kappa shape index (κ1) is 19.5. The maximum atomic E-state index is 12.0. The molecule has 1 N–H and O–H groups in total. The van der Waals surface area contributed by atoms with Crippen LogP contribution in [0.1, 0.15) is 31.9 Å². The van der Waals surface area contributed by atoms with Crippen LogP contribution in [0.25, 0.3) is 0 Å². The maximum Gasteiger partial charge on any atom is 0.309 e. The Hall–Kier alpha value is -2.82. The Bertz CT molecular complexity index is 743. The summed E-state index contributed by atoms with van der Waals surface area (Å²) in [7, 11) is 1.36. The quantitative estimate of drug-likeness (QED) is 0.802. The summed E-state index contributed by atoms with van der Waals surface area (Å²) >= 11 is 0. The molecule has 0 fully saturated rings. The lowest BCUT2D eigenvalue weighted by atomic mass is 9.87. The van der Waals surface area contributed by atoms with E-state index in [0.717, 1.165) is 11.3 Å². The average molecular weight is 355 g/mol. The number of carbonyl (C=O) groups excluding carboxylic acids is 2. The molecule has 0 atom stereocenters. The summed E-state index contributed by atoms with van der Waals surface area (Å²) in [5.41, 5.74) is 2.84. The molecule has 0 aliphatic carbocycles. The number of hydrogen-bond acceptors (Lipinski definition) is 4. The smallest absolute Gasteiger partial charge is 0.309 e. The number of rotatable bonds is 6. The second-order valence-electron chi connectivity index (χ2n) is 7.06. The van der Waals surface area contributed by atoms with Gasteiger partial charge in [-0.2, -0.15) is 0 Å². The Morgan fingerprint density at radius 1 is 0.962 bits per heavy atom. The fourth-order valence-corrected chi connectivity index (χ4v) is 2.34. The molecule has 2 rings (SSSR count). The van der Waals surface area contributed by atoms with Crippen LogP contribution in [0.2, 0.25) is 0 Å². The van der Waals surface area contributed by atoms with Crippen molar-refractivity contribution >= 4 is 17.6 Å². The van der Waals surface area contributed by atoms with Gasteiger partial charge in [-0.3, -0.25) is 9.59 Å². The number of anilines is 1. The first-order valence-corrected chi connectivity index (χ1v) is 8.47. The van der Waals surface area contributed by atoms with Gasteiger partial charge >= 0.3 is 5.97 Å². The van der Waals surface area contributed by atoms with Crippen LogP contribution in [0, 0.1) is 0 Å². The Kier molecular flexibility index (Phi) is 6.39. The summed E-state index contributed by atoms with van der Waals surface area (Å²) < 4.78 is 10.1. The normalized spacial score (nSPS) is 10.9. The molecule has 5 heteroatoms. The number of hydrogen-bond donors (Lipinski definition) is 1. The summed E-state index contributed by atoms with van der Waals surface area (Å²) in [4.78, 5) is 23.2. The third-order valence-corrected chi connectivity index (χ3v) is 3.90. The maximum absolute atomic E-state index is 12.0.